The van der Waals surface area contributed by atoms with E-state index < -0.39 is 14.9 Å². The number of piperazine rings is 1. The third kappa shape index (κ3) is 4.31. The maximum absolute atomic E-state index is 13.1. The van der Waals surface area contributed by atoms with E-state index in [1.807, 2.05) is 18.7 Å². The summed E-state index contributed by atoms with van der Waals surface area (Å²) in [4.78, 5) is 14.7. The van der Waals surface area contributed by atoms with Crippen LogP contribution in [0.15, 0.2) is 23.1 Å². The lowest BCUT2D eigenvalue weighted by atomic mass is 9.94. The number of hydrogen-bond donors (Lipinski definition) is 1. The number of rotatable bonds is 5. The Labute approximate surface area is 167 Å². The first-order chi connectivity index (χ1) is 13.2. The highest BCUT2D eigenvalue weighted by atomic mass is 32.2. The minimum absolute atomic E-state index is 0.0158. The van der Waals surface area contributed by atoms with E-state index in [1.165, 1.54) is 21.3 Å². The van der Waals surface area contributed by atoms with E-state index in [9.17, 15) is 18.5 Å². The van der Waals surface area contributed by atoms with Crippen molar-refractivity contribution in [2.75, 3.05) is 50.7 Å². The lowest BCUT2D eigenvalue weighted by Gasteiger charge is -2.34. The average Bonchev–Trinajstić information content (AvgIpc) is 2.66. The van der Waals surface area contributed by atoms with Crippen LogP contribution in [0.1, 0.15) is 27.2 Å². The standard InChI is InChI=1S/C19H30N4O4S/c1-4-20-7-9-21(10-8-20)18-6-5-17(12-19(18)23(24)25)28(26,27)22-13-15(2)11-16(3)14-22/h5-6,12,15-16H,4,7-11,13-14H2,1-3H3/p+1/t15-,16-/m1/s1. The molecule has 156 valence electrons. The van der Waals surface area contributed by atoms with Crippen LogP contribution in [0.2, 0.25) is 0 Å². The molecular formula is C19H31N4O4S+. The lowest BCUT2D eigenvalue weighted by molar-refractivity contribution is -0.898. The lowest BCUT2D eigenvalue weighted by Crippen LogP contribution is -3.14. The van der Waals surface area contributed by atoms with Gasteiger partial charge in [-0.05, 0) is 37.3 Å². The van der Waals surface area contributed by atoms with E-state index >= 15 is 0 Å². The Hall–Kier alpha value is -1.71. The van der Waals surface area contributed by atoms with Gasteiger partial charge in [0.15, 0.2) is 0 Å². The number of anilines is 1. The Balaban J connectivity index is 1.89. The van der Waals surface area contributed by atoms with Crippen molar-refractivity contribution in [2.24, 2.45) is 11.8 Å². The summed E-state index contributed by atoms with van der Waals surface area (Å²) in [5.74, 6) is 0.565. The first kappa shape index (κ1) is 21.0. The van der Waals surface area contributed by atoms with Crippen LogP contribution in [-0.4, -0.2) is 63.5 Å². The van der Waals surface area contributed by atoms with Crippen molar-refractivity contribution in [1.82, 2.24) is 4.31 Å². The molecule has 2 aliphatic heterocycles. The molecule has 2 fully saturated rings. The summed E-state index contributed by atoms with van der Waals surface area (Å²) in [6.45, 7) is 11.5. The number of likely N-dealkylation sites (N-methyl/N-ethyl adjacent to an activating group) is 1. The second-order valence-electron chi connectivity index (χ2n) is 8.27. The van der Waals surface area contributed by atoms with E-state index in [1.54, 1.807) is 6.07 Å². The topological polar surface area (TPSA) is 88.2 Å². The SMILES string of the molecule is CC[NH+]1CCN(c2ccc(S(=O)(=O)N3C[C@H](C)C[C@@H](C)C3)cc2[N+](=O)[O-])CC1. The van der Waals surface area contributed by atoms with Crippen molar-refractivity contribution in [2.45, 2.75) is 32.1 Å². The van der Waals surface area contributed by atoms with Crippen molar-refractivity contribution in [3.8, 4) is 0 Å². The molecule has 8 nitrogen and oxygen atoms in total. The van der Waals surface area contributed by atoms with Gasteiger partial charge in [-0.15, -0.1) is 0 Å². The third-order valence-corrected chi connectivity index (χ3v) is 7.76. The summed E-state index contributed by atoms with van der Waals surface area (Å²) in [5.41, 5.74) is 0.388. The van der Waals surface area contributed by atoms with Crippen LogP contribution in [0, 0.1) is 22.0 Å². The van der Waals surface area contributed by atoms with Crippen molar-refractivity contribution < 1.29 is 18.2 Å². The van der Waals surface area contributed by atoms with Gasteiger partial charge in [-0.2, -0.15) is 4.31 Å². The molecule has 0 aromatic heterocycles. The van der Waals surface area contributed by atoms with Crippen LogP contribution >= 0.6 is 0 Å². The summed E-state index contributed by atoms with van der Waals surface area (Å²) in [6, 6.07) is 4.38. The second kappa shape index (κ2) is 8.34. The quantitative estimate of drug-likeness (QED) is 0.577. The summed E-state index contributed by atoms with van der Waals surface area (Å²) in [7, 11) is -3.74. The molecule has 1 aromatic carbocycles. The van der Waals surface area contributed by atoms with Crippen LogP contribution < -0.4 is 9.80 Å². The number of nitrogens with zero attached hydrogens (tertiary/aromatic N) is 3. The first-order valence-corrected chi connectivity index (χ1v) is 11.5. The number of piperidine rings is 1. The monoisotopic (exact) mass is 411 g/mol. The minimum Gasteiger partial charge on any atom is -0.355 e. The molecule has 2 heterocycles. The van der Waals surface area contributed by atoms with Gasteiger partial charge in [0.05, 0.1) is 42.5 Å². The highest BCUT2D eigenvalue weighted by molar-refractivity contribution is 7.89. The maximum atomic E-state index is 13.1. The van der Waals surface area contributed by atoms with Crippen molar-refractivity contribution in [1.29, 1.82) is 0 Å². The summed E-state index contributed by atoms with van der Waals surface area (Å²) >= 11 is 0. The van der Waals surface area contributed by atoms with Crippen molar-refractivity contribution in [3.05, 3.63) is 28.3 Å². The van der Waals surface area contributed by atoms with Crippen LogP contribution in [0.25, 0.3) is 0 Å². The van der Waals surface area contributed by atoms with Crippen molar-refractivity contribution in [3.63, 3.8) is 0 Å². The molecule has 2 aliphatic rings. The number of nitro benzene ring substituents is 1. The Morgan fingerprint density at radius 2 is 1.79 bits per heavy atom. The van der Waals surface area contributed by atoms with Crippen LogP contribution in [0.5, 0.6) is 0 Å². The Bertz CT molecular complexity index is 811. The predicted molar refractivity (Wildman–Crippen MR) is 108 cm³/mol. The van der Waals surface area contributed by atoms with E-state index in [0.717, 1.165) is 39.1 Å². The number of quaternary nitrogens is 1. The molecule has 0 spiro atoms. The fraction of sp³-hybridized carbons (Fsp3) is 0.684. The molecule has 1 aromatic rings. The summed E-state index contributed by atoms with van der Waals surface area (Å²) in [5, 5.41) is 11.7. The number of nitrogens with one attached hydrogen (secondary N) is 1. The van der Waals surface area contributed by atoms with E-state index in [4.69, 9.17) is 0 Å². The van der Waals surface area contributed by atoms with E-state index in [2.05, 4.69) is 6.92 Å². The smallest absolute Gasteiger partial charge is 0.293 e. The van der Waals surface area contributed by atoms with Crippen molar-refractivity contribution >= 4 is 21.4 Å². The fourth-order valence-corrected chi connectivity index (χ4v) is 6.15. The van der Waals surface area contributed by atoms with Gasteiger partial charge in [0.1, 0.15) is 5.69 Å². The second-order valence-corrected chi connectivity index (χ2v) is 10.2. The molecule has 2 atom stereocenters. The molecule has 2 saturated heterocycles. The maximum Gasteiger partial charge on any atom is 0.293 e. The highest BCUT2D eigenvalue weighted by Crippen LogP contribution is 2.33. The molecule has 1 N–H and O–H groups in total. The van der Waals surface area contributed by atoms with E-state index in [-0.39, 0.29) is 22.4 Å². The Morgan fingerprint density at radius 3 is 2.32 bits per heavy atom. The highest BCUT2D eigenvalue weighted by Gasteiger charge is 2.34. The molecule has 0 unspecified atom stereocenters. The van der Waals surface area contributed by atoms with Gasteiger partial charge in [0.2, 0.25) is 10.0 Å². The predicted octanol–water partition coefficient (Wildman–Crippen LogP) is 0.986. The number of sulfonamides is 1. The van der Waals surface area contributed by atoms with Gasteiger partial charge >= 0.3 is 0 Å². The minimum atomic E-state index is -3.74. The normalized spacial score (nSPS) is 25.0. The van der Waals surface area contributed by atoms with Crippen LogP contribution in [-0.2, 0) is 10.0 Å². The molecule has 0 amide bonds. The Morgan fingerprint density at radius 1 is 1.18 bits per heavy atom. The zero-order valence-electron chi connectivity index (χ0n) is 16.9. The molecular weight excluding hydrogens is 380 g/mol. The molecule has 0 radical (unpaired) electrons. The largest absolute Gasteiger partial charge is 0.355 e. The first-order valence-electron chi connectivity index (χ1n) is 10.1. The molecule has 0 aliphatic carbocycles. The zero-order chi connectivity index (χ0) is 20.5. The van der Waals surface area contributed by atoms with Gasteiger partial charge in [-0.3, -0.25) is 10.1 Å². The number of hydrogen-bond acceptors (Lipinski definition) is 5. The molecule has 0 bridgehead atoms. The van der Waals surface area contributed by atoms with Crippen LogP contribution in [0.4, 0.5) is 11.4 Å². The van der Waals surface area contributed by atoms with Gasteiger partial charge in [0, 0.05) is 19.2 Å². The summed E-state index contributed by atoms with van der Waals surface area (Å²) < 4.78 is 27.7. The number of nitro groups is 1. The van der Waals surface area contributed by atoms with Gasteiger partial charge < -0.3 is 9.80 Å². The Kier molecular flexibility index (Phi) is 6.26. The summed E-state index contributed by atoms with van der Waals surface area (Å²) in [6.07, 6.45) is 0.997. The fourth-order valence-electron chi connectivity index (χ4n) is 4.45. The van der Waals surface area contributed by atoms with Gasteiger partial charge in [-0.1, -0.05) is 13.8 Å². The molecule has 9 heteroatoms. The molecule has 28 heavy (non-hydrogen) atoms. The average molecular weight is 412 g/mol. The van der Waals surface area contributed by atoms with Crippen LogP contribution in [0.3, 0.4) is 0 Å². The van der Waals surface area contributed by atoms with Gasteiger partial charge in [-0.25, -0.2) is 8.42 Å². The number of benzene rings is 1. The molecule has 0 saturated carbocycles. The third-order valence-electron chi connectivity index (χ3n) is 5.93. The van der Waals surface area contributed by atoms with Gasteiger partial charge in [0.25, 0.3) is 5.69 Å². The zero-order valence-corrected chi connectivity index (χ0v) is 17.7. The van der Waals surface area contributed by atoms with E-state index in [0.29, 0.717) is 18.8 Å². The molecule has 3 rings (SSSR count).